The van der Waals surface area contributed by atoms with Crippen molar-refractivity contribution in [2.75, 3.05) is 39.4 Å². The molecule has 0 aromatic heterocycles. The van der Waals surface area contributed by atoms with E-state index >= 15 is 0 Å². The van der Waals surface area contributed by atoms with Gasteiger partial charge >= 0.3 is 0 Å². The van der Waals surface area contributed by atoms with Gasteiger partial charge in [-0.2, -0.15) is 5.26 Å². The molecule has 0 atom stereocenters. The maximum Gasteiger partial charge on any atom is 0.156 e. The van der Waals surface area contributed by atoms with Gasteiger partial charge in [0.15, 0.2) is 5.54 Å². The van der Waals surface area contributed by atoms with E-state index in [1.807, 2.05) is 13.8 Å². The Morgan fingerprint density at radius 2 is 1.86 bits per heavy atom. The van der Waals surface area contributed by atoms with E-state index in [0.29, 0.717) is 13.2 Å². The van der Waals surface area contributed by atoms with Crippen LogP contribution in [0.15, 0.2) is 0 Å². The van der Waals surface area contributed by atoms with Gasteiger partial charge in [-0.1, -0.05) is 13.8 Å². The first-order valence-electron chi connectivity index (χ1n) is 5.32. The molecular formula is C10H19N3O. The van der Waals surface area contributed by atoms with Crippen LogP contribution in [0.25, 0.3) is 0 Å². The fourth-order valence-corrected chi connectivity index (χ4v) is 1.71. The summed E-state index contributed by atoms with van der Waals surface area (Å²) in [5.74, 6) is 0. The maximum absolute atomic E-state index is 9.00. The van der Waals surface area contributed by atoms with E-state index in [9.17, 15) is 0 Å². The van der Waals surface area contributed by atoms with Crippen LogP contribution < -0.4 is 5.32 Å². The summed E-state index contributed by atoms with van der Waals surface area (Å²) in [5, 5.41) is 12.3. The van der Waals surface area contributed by atoms with Gasteiger partial charge in [0.1, 0.15) is 0 Å². The van der Waals surface area contributed by atoms with E-state index in [1.165, 1.54) is 0 Å². The lowest BCUT2D eigenvalue weighted by atomic mass is 9.96. The molecule has 0 bridgehead atoms. The van der Waals surface area contributed by atoms with Gasteiger partial charge in [-0.25, -0.2) is 0 Å². The second-order valence-corrected chi connectivity index (χ2v) is 3.37. The summed E-state index contributed by atoms with van der Waals surface area (Å²) >= 11 is 0. The average Bonchev–Trinajstić information content (AvgIpc) is 2.22. The van der Waals surface area contributed by atoms with Gasteiger partial charge in [-0.3, -0.25) is 4.90 Å². The SMILES string of the molecule is CC.N#CC1(N2CCNCC2)COC1. The van der Waals surface area contributed by atoms with Gasteiger partial charge in [-0.15, -0.1) is 0 Å². The van der Waals surface area contributed by atoms with Gasteiger partial charge < -0.3 is 10.1 Å². The van der Waals surface area contributed by atoms with E-state index < -0.39 is 0 Å². The normalized spacial score (nSPS) is 25.2. The Kier molecular flexibility index (Phi) is 4.33. The molecule has 2 fully saturated rings. The van der Waals surface area contributed by atoms with Crippen LogP contribution in [0.5, 0.6) is 0 Å². The minimum atomic E-state index is -0.290. The Morgan fingerprint density at radius 1 is 1.29 bits per heavy atom. The van der Waals surface area contributed by atoms with Crippen molar-refractivity contribution >= 4 is 0 Å². The zero-order valence-electron chi connectivity index (χ0n) is 9.05. The third kappa shape index (κ3) is 2.06. The van der Waals surface area contributed by atoms with Crippen LogP contribution in [0.4, 0.5) is 0 Å². The summed E-state index contributed by atoms with van der Waals surface area (Å²) in [6.45, 7) is 9.09. The Balaban J connectivity index is 0.000000461. The van der Waals surface area contributed by atoms with Gasteiger partial charge in [0.05, 0.1) is 19.3 Å². The first kappa shape index (κ1) is 11.4. The molecule has 0 aromatic rings. The highest BCUT2D eigenvalue weighted by Crippen LogP contribution is 2.24. The number of nitrogens with one attached hydrogen (secondary N) is 1. The van der Waals surface area contributed by atoms with E-state index in [1.54, 1.807) is 0 Å². The molecular weight excluding hydrogens is 178 g/mol. The lowest BCUT2D eigenvalue weighted by molar-refractivity contribution is -0.111. The molecule has 2 saturated heterocycles. The predicted octanol–water partition coefficient (Wildman–Crippen LogP) is 0.210. The molecule has 0 amide bonds. The van der Waals surface area contributed by atoms with Crippen LogP contribution in [0.2, 0.25) is 0 Å². The minimum Gasteiger partial charge on any atom is -0.375 e. The highest BCUT2D eigenvalue weighted by molar-refractivity contribution is 5.13. The van der Waals surface area contributed by atoms with Crippen molar-refractivity contribution in [3.05, 3.63) is 0 Å². The topological polar surface area (TPSA) is 48.3 Å². The number of nitrogens with zero attached hydrogens (tertiary/aromatic N) is 2. The molecule has 0 saturated carbocycles. The third-order valence-electron chi connectivity index (χ3n) is 2.61. The number of rotatable bonds is 1. The third-order valence-corrected chi connectivity index (χ3v) is 2.61. The smallest absolute Gasteiger partial charge is 0.156 e. The van der Waals surface area contributed by atoms with Crippen LogP contribution >= 0.6 is 0 Å². The van der Waals surface area contributed by atoms with Gasteiger partial charge in [0.2, 0.25) is 0 Å². The number of nitriles is 1. The summed E-state index contributed by atoms with van der Waals surface area (Å²) in [6.07, 6.45) is 0. The standard InChI is InChI=1S/C8H13N3O.C2H6/c9-5-8(6-12-7-8)11-3-1-10-2-4-11;1-2/h10H,1-4,6-7H2;1-2H3. The van der Waals surface area contributed by atoms with Gasteiger partial charge in [0.25, 0.3) is 0 Å². The van der Waals surface area contributed by atoms with Crippen molar-refractivity contribution in [3.63, 3.8) is 0 Å². The monoisotopic (exact) mass is 197 g/mol. The minimum absolute atomic E-state index is 0.290. The van der Waals surface area contributed by atoms with E-state index in [0.717, 1.165) is 26.2 Å². The molecule has 2 aliphatic rings. The van der Waals surface area contributed by atoms with Crippen LogP contribution in [-0.4, -0.2) is 49.8 Å². The molecule has 80 valence electrons. The molecule has 1 N–H and O–H groups in total. The van der Waals surface area contributed by atoms with Crippen LogP contribution in [0.1, 0.15) is 13.8 Å². The molecule has 4 nitrogen and oxygen atoms in total. The highest BCUT2D eigenvalue weighted by atomic mass is 16.5. The summed E-state index contributed by atoms with van der Waals surface area (Å²) in [5.41, 5.74) is -0.290. The summed E-state index contributed by atoms with van der Waals surface area (Å²) in [6, 6.07) is 2.36. The van der Waals surface area contributed by atoms with Crippen LogP contribution in [-0.2, 0) is 4.74 Å². The quantitative estimate of drug-likeness (QED) is 0.653. The molecule has 0 spiro atoms. The summed E-state index contributed by atoms with van der Waals surface area (Å²) in [7, 11) is 0. The van der Waals surface area contributed by atoms with E-state index in [-0.39, 0.29) is 5.54 Å². The number of piperazine rings is 1. The molecule has 2 aliphatic heterocycles. The summed E-state index contributed by atoms with van der Waals surface area (Å²) < 4.78 is 5.10. The Hall–Kier alpha value is -0.630. The maximum atomic E-state index is 9.00. The van der Waals surface area contributed by atoms with Crippen molar-refractivity contribution < 1.29 is 4.74 Å². The molecule has 2 heterocycles. The Bertz CT molecular complexity index is 202. The number of hydrogen-bond donors (Lipinski definition) is 1. The first-order chi connectivity index (χ1) is 6.87. The number of ether oxygens (including phenoxy) is 1. The van der Waals surface area contributed by atoms with Crippen molar-refractivity contribution in [1.82, 2.24) is 10.2 Å². The van der Waals surface area contributed by atoms with Crippen molar-refractivity contribution in [2.24, 2.45) is 0 Å². The fourth-order valence-electron chi connectivity index (χ4n) is 1.71. The van der Waals surface area contributed by atoms with Crippen molar-refractivity contribution in [3.8, 4) is 6.07 Å². The zero-order chi connectivity index (χ0) is 10.4. The number of hydrogen-bond acceptors (Lipinski definition) is 4. The van der Waals surface area contributed by atoms with Crippen LogP contribution in [0.3, 0.4) is 0 Å². The molecule has 0 unspecified atom stereocenters. The summed E-state index contributed by atoms with van der Waals surface area (Å²) in [4.78, 5) is 2.23. The van der Waals surface area contributed by atoms with Crippen LogP contribution in [0, 0.1) is 11.3 Å². The molecule has 0 aromatic carbocycles. The average molecular weight is 197 g/mol. The molecule has 0 radical (unpaired) electrons. The lowest BCUT2D eigenvalue weighted by Crippen LogP contribution is -2.65. The second kappa shape index (κ2) is 5.30. The highest BCUT2D eigenvalue weighted by Gasteiger charge is 2.44. The van der Waals surface area contributed by atoms with Crippen molar-refractivity contribution in [1.29, 1.82) is 5.26 Å². The molecule has 0 aliphatic carbocycles. The second-order valence-electron chi connectivity index (χ2n) is 3.37. The van der Waals surface area contributed by atoms with Gasteiger partial charge in [0, 0.05) is 26.2 Å². The van der Waals surface area contributed by atoms with E-state index in [2.05, 4.69) is 16.3 Å². The first-order valence-corrected chi connectivity index (χ1v) is 5.32. The molecule has 2 rings (SSSR count). The fraction of sp³-hybridized carbons (Fsp3) is 0.900. The lowest BCUT2D eigenvalue weighted by Gasteiger charge is -2.46. The Morgan fingerprint density at radius 3 is 2.21 bits per heavy atom. The zero-order valence-corrected chi connectivity index (χ0v) is 9.05. The van der Waals surface area contributed by atoms with Gasteiger partial charge in [-0.05, 0) is 0 Å². The van der Waals surface area contributed by atoms with Crippen molar-refractivity contribution in [2.45, 2.75) is 19.4 Å². The Labute approximate surface area is 85.8 Å². The van der Waals surface area contributed by atoms with E-state index in [4.69, 9.17) is 10.00 Å². The predicted molar refractivity (Wildman–Crippen MR) is 55.0 cm³/mol. The molecule has 14 heavy (non-hydrogen) atoms. The largest absolute Gasteiger partial charge is 0.375 e. The molecule has 4 heteroatoms.